The molecule has 0 aromatic rings. The predicted molar refractivity (Wildman–Crippen MR) is 55.1 cm³/mol. The molecule has 0 aliphatic rings. The van der Waals surface area contributed by atoms with Gasteiger partial charge in [-0.25, -0.2) is 0 Å². The van der Waals surface area contributed by atoms with Crippen LogP contribution < -0.4 is 5.32 Å². The van der Waals surface area contributed by atoms with Crippen molar-refractivity contribution in [3.63, 3.8) is 0 Å². The Kier molecular flexibility index (Phi) is 6.32. The lowest BCUT2D eigenvalue weighted by Gasteiger charge is -2.39. The van der Waals surface area contributed by atoms with Gasteiger partial charge in [0.1, 0.15) is 6.73 Å². The van der Waals surface area contributed by atoms with E-state index in [9.17, 15) is 61.9 Å². The molecule has 0 rings (SSSR count). The monoisotopic (exact) mass is 419 g/mol. The van der Waals surface area contributed by atoms with E-state index in [1.165, 1.54) is 0 Å². The lowest BCUT2D eigenvalue weighted by Crippen LogP contribution is -2.70. The second kappa shape index (κ2) is 6.77. The standard InChI is InChI=1S/C10H6F13NO2/c1-2-4(25)24-3-26-10(22,23)8(17,18)6(13,14)5(11,12)7(15,16)9(19,20)21/h2H,1,3H2,(H,24,25). The van der Waals surface area contributed by atoms with Gasteiger partial charge in [-0.1, -0.05) is 6.58 Å². The zero-order valence-corrected chi connectivity index (χ0v) is 11.7. The summed E-state index contributed by atoms with van der Waals surface area (Å²) in [5.74, 6) is -32.7. The Morgan fingerprint density at radius 3 is 1.50 bits per heavy atom. The van der Waals surface area contributed by atoms with E-state index < -0.39 is 48.6 Å². The maximum absolute atomic E-state index is 13.1. The Bertz CT molecular complexity index is 540. The molecule has 0 heterocycles. The summed E-state index contributed by atoms with van der Waals surface area (Å²) in [7, 11) is 0. The molecule has 0 aromatic heterocycles. The minimum Gasteiger partial charge on any atom is -0.329 e. The average Bonchev–Trinajstić information content (AvgIpc) is 2.44. The molecule has 0 unspecified atom stereocenters. The molecule has 0 spiro atoms. The topological polar surface area (TPSA) is 38.3 Å². The molecular weight excluding hydrogens is 413 g/mol. The molecule has 0 aromatic carbocycles. The van der Waals surface area contributed by atoms with Crippen LogP contribution in [0.15, 0.2) is 12.7 Å². The first-order chi connectivity index (χ1) is 11.2. The Hall–Kier alpha value is -1.74. The van der Waals surface area contributed by atoms with E-state index in [-0.39, 0.29) is 0 Å². The van der Waals surface area contributed by atoms with E-state index in [1.54, 1.807) is 0 Å². The first kappa shape index (κ1) is 24.3. The number of hydrogen-bond donors (Lipinski definition) is 1. The molecule has 1 amide bonds. The fraction of sp³-hybridized carbons (Fsp3) is 0.700. The van der Waals surface area contributed by atoms with E-state index >= 15 is 0 Å². The highest BCUT2D eigenvalue weighted by molar-refractivity contribution is 5.86. The molecule has 0 fully saturated rings. The lowest BCUT2D eigenvalue weighted by atomic mass is 9.97. The number of alkyl halides is 13. The van der Waals surface area contributed by atoms with Gasteiger partial charge in [-0.3, -0.25) is 9.53 Å². The van der Waals surface area contributed by atoms with Gasteiger partial charge in [-0.05, 0) is 6.08 Å². The van der Waals surface area contributed by atoms with Gasteiger partial charge in [0.15, 0.2) is 0 Å². The van der Waals surface area contributed by atoms with Gasteiger partial charge >= 0.3 is 36.0 Å². The van der Waals surface area contributed by atoms with E-state index in [0.717, 1.165) is 5.32 Å². The molecule has 0 radical (unpaired) electrons. The van der Waals surface area contributed by atoms with Crippen LogP contribution in [0.25, 0.3) is 0 Å². The van der Waals surface area contributed by atoms with Gasteiger partial charge in [0, 0.05) is 0 Å². The van der Waals surface area contributed by atoms with Gasteiger partial charge in [0.25, 0.3) is 0 Å². The second-order valence-corrected chi connectivity index (χ2v) is 4.35. The van der Waals surface area contributed by atoms with Crippen molar-refractivity contribution in [2.24, 2.45) is 0 Å². The van der Waals surface area contributed by atoms with Crippen molar-refractivity contribution in [3.8, 4) is 0 Å². The largest absolute Gasteiger partial charge is 0.460 e. The number of ether oxygens (including phenoxy) is 1. The third-order valence-corrected chi connectivity index (χ3v) is 2.59. The minimum absolute atomic E-state index is 0.340. The maximum Gasteiger partial charge on any atom is 0.460 e. The number of rotatable bonds is 8. The molecule has 0 atom stereocenters. The van der Waals surface area contributed by atoms with Crippen molar-refractivity contribution in [1.29, 1.82) is 0 Å². The SMILES string of the molecule is C=CC(=O)NCOC(F)(F)C(F)(F)C(F)(F)C(F)(F)C(F)(F)C(F)(F)F. The molecule has 0 aliphatic heterocycles. The molecular formula is C10H6F13NO2. The van der Waals surface area contributed by atoms with Gasteiger partial charge < -0.3 is 5.32 Å². The Morgan fingerprint density at radius 1 is 0.769 bits per heavy atom. The van der Waals surface area contributed by atoms with Gasteiger partial charge in [0.05, 0.1) is 0 Å². The number of carbonyl (C=O) groups excluding carboxylic acids is 1. The van der Waals surface area contributed by atoms with Gasteiger partial charge in [-0.15, -0.1) is 0 Å². The minimum atomic E-state index is -8.00. The first-order valence-corrected chi connectivity index (χ1v) is 5.70. The normalized spacial score (nSPS) is 15.0. The highest BCUT2D eigenvalue weighted by Crippen LogP contribution is 2.60. The third-order valence-electron chi connectivity index (χ3n) is 2.59. The highest BCUT2D eigenvalue weighted by atomic mass is 19.4. The molecule has 1 N–H and O–H groups in total. The maximum atomic E-state index is 13.1. The lowest BCUT2D eigenvalue weighted by molar-refractivity contribution is -0.466. The summed E-state index contributed by atoms with van der Waals surface area (Å²) in [5, 5.41) is 1.15. The fourth-order valence-electron chi connectivity index (χ4n) is 1.12. The zero-order chi connectivity index (χ0) is 21.4. The van der Waals surface area contributed by atoms with Crippen LogP contribution in [0.1, 0.15) is 0 Å². The molecule has 0 saturated carbocycles. The summed E-state index contributed by atoms with van der Waals surface area (Å²) in [6, 6.07) is 0. The quantitative estimate of drug-likeness (QED) is 0.368. The molecule has 0 saturated heterocycles. The highest BCUT2D eigenvalue weighted by Gasteiger charge is 2.91. The summed E-state index contributed by atoms with van der Waals surface area (Å²) in [5.41, 5.74) is 0. The average molecular weight is 419 g/mol. The van der Waals surface area contributed by atoms with Crippen LogP contribution >= 0.6 is 0 Å². The molecule has 0 aliphatic carbocycles. The molecule has 26 heavy (non-hydrogen) atoms. The van der Waals surface area contributed by atoms with Crippen molar-refractivity contribution >= 4 is 5.91 Å². The summed E-state index contributed by atoms with van der Waals surface area (Å²) < 4.78 is 167. The van der Waals surface area contributed by atoms with Crippen molar-refractivity contribution in [2.75, 3.05) is 6.73 Å². The number of amides is 1. The van der Waals surface area contributed by atoms with Crippen molar-refractivity contribution in [1.82, 2.24) is 5.32 Å². The summed E-state index contributed by atoms with van der Waals surface area (Å²) in [6.45, 7) is 0.697. The van der Waals surface area contributed by atoms with E-state index in [1.807, 2.05) is 0 Å². The van der Waals surface area contributed by atoms with E-state index in [0.29, 0.717) is 6.08 Å². The van der Waals surface area contributed by atoms with Gasteiger partial charge in [0.2, 0.25) is 5.91 Å². The van der Waals surface area contributed by atoms with E-state index in [2.05, 4.69) is 11.3 Å². The van der Waals surface area contributed by atoms with Crippen LogP contribution in [0, 0.1) is 0 Å². The van der Waals surface area contributed by atoms with Crippen LogP contribution in [-0.4, -0.2) is 48.6 Å². The summed E-state index contributed by atoms with van der Waals surface area (Å²) in [6.07, 6.45) is -13.8. The first-order valence-electron chi connectivity index (χ1n) is 5.70. The third kappa shape index (κ3) is 3.68. The van der Waals surface area contributed by atoms with Crippen molar-refractivity contribution < 1.29 is 66.6 Å². The summed E-state index contributed by atoms with van der Waals surface area (Å²) >= 11 is 0. The number of carbonyl (C=O) groups is 1. The smallest absolute Gasteiger partial charge is 0.329 e. The van der Waals surface area contributed by atoms with Crippen LogP contribution in [-0.2, 0) is 9.53 Å². The molecule has 3 nitrogen and oxygen atoms in total. The van der Waals surface area contributed by atoms with Crippen LogP contribution in [0.4, 0.5) is 57.1 Å². The van der Waals surface area contributed by atoms with Gasteiger partial charge in [-0.2, -0.15) is 57.1 Å². The Labute approximate surface area is 134 Å². The summed E-state index contributed by atoms with van der Waals surface area (Å²) in [4.78, 5) is 10.5. The van der Waals surface area contributed by atoms with Crippen molar-refractivity contribution in [3.05, 3.63) is 12.7 Å². The van der Waals surface area contributed by atoms with Crippen LogP contribution in [0.3, 0.4) is 0 Å². The molecule has 0 bridgehead atoms. The Morgan fingerprint density at radius 2 is 1.15 bits per heavy atom. The fourth-order valence-corrected chi connectivity index (χ4v) is 1.12. The number of halogens is 13. The molecule has 16 heteroatoms. The number of nitrogens with one attached hydrogen (secondary N) is 1. The number of hydrogen-bond acceptors (Lipinski definition) is 2. The Balaban J connectivity index is 5.85. The van der Waals surface area contributed by atoms with Crippen LogP contribution in [0.2, 0.25) is 0 Å². The van der Waals surface area contributed by atoms with Crippen molar-refractivity contribution in [2.45, 2.75) is 36.0 Å². The van der Waals surface area contributed by atoms with E-state index in [4.69, 9.17) is 0 Å². The predicted octanol–water partition coefficient (Wildman–Crippen LogP) is 3.96. The zero-order valence-electron chi connectivity index (χ0n) is 11.7. The van der Waals surface area contributed by atoms with Crippen LogP contribution in [0.5, 0.6) is 0 Å². The molecule has 154 valence electrons. The second-order valence-electron chi connectivity index (χ2n) is 4.35.